The molecule has 154 valence electrons. The van der Waals surface area contributed by atoms with Gasteiger partial charge in [-0.25, -0.2) is 0 Å². The van der Waals surface area contributed by atoms with E-state index in [9.17, 15) is 14.9 Å². The molecule has 0 atom stereocenters. The van der Waals surface area contributed by atoms with E-state index in [-0.39, 0.29) is 11.6 Å². The molecule has 1 aliphatic rings. The first kappa shape index (κ1) is 21.1. The lowest BCUT2D eigenvalue weighted by Gasteiger charge is -2.34. The molecule has 1 fully saturated rings. The van der Waals surface area contributed by atoms with Crippen molar-refractivity contribution in [2.24, 2.45) is 0 Å². The van der Waals surface area contributed by atoms with Gasteiger partial charge in [-0.2, -0.15) is 0 Å². The monoisotopic (exact) mass is 415 g/mol. The molecule has 1 saturated heterocycles. The van der Waals surface area contributed by atoms with Crippen molar-refractivity contribution in [2.45, 2.75) is 18.4 Å². The third-order valence-corrected chi connectivity index (χ3v) is 5.77. The zero-order chi connectivity index (χ0) is 20.6. The van der Waals surface area contributed by atoms with Crippen molar-refractivity contribution < 1.29 is 14.5 Å². The van der Waals surface area contributed by atoms with Crippen molar-refractivity contribution in [2.75, 3.05) is 38.5 Å². The Bertz CT molecular complexity index is 819. The van der Waals surface area contributed by atoms with E-state index in [1.807, 2.05) is 24.0 Å². The van der Waals surface area contributed by atoms with Crippen molar-refractivity contribution >= 4 is 23.4 Å². The van der Waals surface area contributed by atoms with Gasteiger partial charge < -0.3 is 9.64 Å². The first-order chi connectivity index (χ1) is 14.0. The second kappa shape index (κ2) is 10.3. The number of hydrogen-bond donors (Lipinski definition) is 0. The number of benzene rings is 2. The number of hydrogen-bond acceptors (Lipinski definition) is 6. The summed E-state index contributed by atoms with van der Waals surface area (Å²) >= 11 is 1.41. The van der Waals surface area contributed by atoms with Gasteiger partial charge in [-0.3, -0.25) is 19.8 Å². The molecule has 2 aromatic rings. The number of carbonyl (C=O) groups is 1. The van der Waals surface area contributed by atoms with Crippen LogP contribution in [-0.2, 0) is 11.3 Å². The summed E-state index contributed by atoms with van der Waals surface area (Å²) in [6.45, 7) is 6.64. The number of ether oxygens (including phenoxy) is 1. The summed E-state index contributed by atoms with van der Waals surface area (Å²) in [5.74, 6) is 1.34. The normalized spacial score (nSPS) is 14.6. The minimum Gasteiger partial charge on any atom is -0.494 e. The van der Waals surface area contributed by atoms with Crippen LogP contribution in [0.4, 0.5) is 5.69 Å². The minimum absolute atomic E-state index is 0.0596. The van der Waals surface area contributed by atoms with Crippen molar-refractivity contribution in [3.8, 4) is 5.75 Å². The summed E-state index contributed by atoms with van der Waals surface area (Å²) in [6.07, 6.45) is 0. The van der Waals surface area contributed by atoms with Crippen LogP contribution >= 0.6 is 11.8 Å². The van der Waals surface area contributed by atoms with E-state index in [0.29, 0.717) is 12.4 Å². The minimum atomic E-state index is -0.424. The maximum Gasteiger partial charge on any atom is 0.269 e. The molecule has 3 rings (SSSR count). The van der Waals surface area contributed by atoms with Crippen LogP contribution in [0.3, 0.4) is 0 Å². The smallest absolute Gasteiger partial charge is 0.269 e. The lowest BCUT2D eigenvalue weighted by atomic mass is 10.2. The van der Waals surface area contributed by atoms with Crippen molar-refractivity contribution in [3.63, 3.8) is 0 Å². The number of carbonyl (C=O) groups excluding carboxylic acids is 1. The molecule has 1 aliphatic heterocycles. The van der Waals surface area contributed by atoms with E-state index in [0.717, 1.165) is 43.4 Å². The molecule has 0 radical (unpaired) electrons. The molecule has 0 spiro atoms. The zero-order valence-electron chi connectivity index (χ0n) is 16.5. The zero-order valence-corrected chi connectivity index (χ0v) is 17.3. The molecule has 1 amide bonds. The number of thioether (sulfide) groups is 1. The summed E-state index contributed by atoms with van der Waals surface area (Å²) in [5, 5.41) is 10.7. The predicted octanol–water partition coefficient (Wildman–Crippen LogP) is 3.43. The molecule has 0 saturated carbocycles. The summed E-state index contributed by atoms with van der Waals surface area (Å²) in [7, 11) is 0. The highest BCUT2D eigenvalue weighted by Gasteiger charge is 2.21. The second-order valence-electron chi connectivity index (χ2n) is 6.77. The lowest BCUT2D eigenvalue weighted by molar-refractivity contribution is -0.384. The topological polar surface area (TPSA) is 75.9 Å². The number of nitrogens with zero attached hydrogens (tertiary/aromatic N) is 3. The van der Waals surface area contributed by atoms with Crippen molar-refractivity contribution in [1.29, 1.82) is 0 Å². The van der Waals surface area contributed by atoms with Gasteiger partial charge in [0, 0.05) is 49.8 Å². The van der Waals surface area contributed by atoms with Crippen LogP contribution in [0.15, 0.2) is 53.4 Å². The van der Waals surface area contributed by atoms with Crippen LogP contribution in [0, 0.1) is 10.1 Å². The Morgan fingerprint density at radius 1 is 1.07 bits per heavy atom. The van der Waals surface area contributed by atoms with Crippen LogP contribution in [0.5, 0.6) is 5.75 Å². The molecule has 0 aliphatic carbocycles. The largest absolute Gasteiger partial charge is 0.494 e. The highest BCUT2D eigenvalue weighted by atomic mass is 32.2. The maximum absolute atomic E-state index is 12.5. The summed E-state index contributed by atoms with van der Waals surface area (Å²) in [6, 6.07) is 14.5. The van der Waals surface area contributed by atoms with Crippen LogP contribution in [0.25, 0.3) is 0 Å². The van der Waals surface area contributed by atoms with Crippen LogP contribution in [0.1, 0.15) is 12.5 Å². The predicted molar refractivity (Wildman–Crippen MR) is 113 cm³/mol. The van der Waals surface area contributed by atoms with Gasteiger partial charge in [0.15, 0.2) is 0 Å². The van der Waals surface area contributed by atoms with E-state index < -0.39 is 4.92 Å². The first-order valence-corrected chi connectivity index (χ1v) is 10.6. The van der Waals surface area contributed by atoms with Gasteiger partial charge >= 0.3 is 0 Å². The number of non-ortho nitro benzene ring substituents is 1. The van der Waals surface area contributed by atoms with E-state index in [2.05, 4.69) is 17.0 Å². The number of nitro groups is 1. The maximum atomic E-state index is 12.5. The van der Waals surface area contributed by atoms with E-state index in [1.54, 1.807) is 12.1 Å². The lowest BCUT2D eigenvalue weighted by Crippen LogP contribution is -2.48. The van der Waals surface area contributed by atoms with Crippen LogP contribution < -0.4 is 4.74 Å². The SMILES string of the molecule is CCOc1ccc(CN2CCN(C(=O)CSc3ccc([N+](=O)[O-])cc3)CC2)cc1. The highest BCUT2D eigenvalue weighted by Crippen LogP contribution is 2.22. The molecule has 0 N–H and O–H groups in total. The van der Waals surface area contributed by atoms with Gasteiger partial charge in [-0.15, -0.1) is 11.8 Å². The molecule has 7 nitrogen and oxygen atoms in total. The number of amides is 1. The molecule has 29 heavy (non-hydrogen) atoms. The van der Waals surface area contributed by atoms with E-state index >= 15 is 0 Å². The first-order valence-electron chi connectivity index (χ1n) is 9.64. The standard InChI is InChI=1S/C21H25N3O4S/c1-2-28-19-7-3-17(4-8-19)15-22-11-13-23(14-12-22)21(25)16-29-20-9-5-18(6-10-20)24(26)27/h3-10H,2,11-16H2,1H3. The van der Waals surface area contributed by atoms with E-state index in [4.69, 9.17) is 4.74 Å². The average Bonchev–Trinajstić information content (AvgIpc) is 2.74. The number of rotatable bonds is 8. The molecule has 0 bridgehead atoms. The number of piperazine rings is 1. The third-order valence-electron chi connectivity index (χ3n) is 4.78. The Hall–Kier alpha value is -2.58. The third kappa shape index (κ3) is 6.20. The number of nitro benzene ring substituents is 1. The fourth-order valence-electron chi connectivity index (χ4n) is 3.17. The molecular formula is C21H25N3O4S. The summed E-state index contributed by atoms with van der Waals surface area (Å²) < 4.78 is 5.47. The Labute approximate surface area is 174 Å². The Kier molecular flexibility index (Phi) is 7.48. The molecular weight excluding hydrogens is 390 g/mol. The highest BCUT2D eigenvalue weighted by molar-refractivity contribution is 8.00. The van der Waals surface area contributed by atoms with Gasteiger partial charge in [0.05, 0.1) is 17.3 Å². The van der Waals surface area contributed by atoms with Gasteiger partial charge in [-0.1, -0.05) is 12.1 Å². The van der Waals surface area contributed by atoms with Gasteiger partial charge in [0.25, 0.3) is 5.69 Å². The fraction of sp³-hybridized carbons (Fsp3) is 0.381. The fourth-order valence-corrected chi connectivity index (χ4v) is 3.97. The summed E-state index contributed by atoms with van der Waals surface area (Å²) in [5.41, 5.74) is 1.30. The molecule has 0 aromatic heterocycles. The molecule has 8 heteroatoms. The van der Waals surface area contributed by atoms with Gasteiger partial charge in [0.1, 0.15) is 5.75 Å². The quantitative estimate of drug-likeness (QED) is 0.374. The molecule has 0 unspecified atom stereocenters. The van der Waals surface area contributed by atoms with Crippen LogP contribution in [0.2, 0.25) is 0 Å². The molecule has 2 aromatic carbocycles. The summed E-state index contributed by atoms with van der Waals surface area (Å²) in [4.78, 5) is 27.9. The Morgan fingerprint density at radius 3 is 2.31 bits per heavy atom. The van der Waals surface area contributed by atoms with Crippen molar-refractivity contribution in [3.05, 3.63) is 64.2 Å². The van der Waals surface area contributed by atoms with Gasteiger partial charge in [0.2, 0.25) is 5.91 Å². The second-order valence-corrected chi connectivity index (χ2v) is 7.82. The van der Waals surface area contributed by atoms with E-state index in [1.165, 1.54) is 29.5 Å². The Balaban J connectivity index is 1.41. The molecule has 1 heterocycles. The van der Waals surface area contributed by atoms with Gasteiger partial charge in [-0.05, 0) is 36.8 Å². The van der Waals surface area contributed by atoms with Crippen molar-refractivity contribution in [1.82, 2.24) is 9.80 Å². The van der Waals surface area contributed by atoms with Crippen LogP contribution in [-0.4, -0.2) is 59.2 Å². The Morgan fingerprint density at radius 2 is 1.72 bits per heavy atom. The average molecular weight is 416 g/mol.